The minimum Gasteiger partial charge on any atom is -0.485 e. The Labute approximate surface area is 200 Å². The predicted molar refractivity (Wildman–Crippen MR) is 137 cm³/mol. The predicted octanol–water partition coefficient (Wildman–Crippen LogP) is 6.42. The van der Waals surface area contributed by atoms with Crippen LogP contribution < -0.4 is 4.74 Å². The molecule has 2 N–H and O–H groups in total. The van der Waals surface area contributed by atoms with E-state index in [-0.39, 0.29) is 18.1 Å². The highest BCUT2D eigenvalue weighted by atomic mass is 16.6. The molecule has 0 saturated carbocycles. The number of aliphatic hydroxyl groups excluding tert-OH is 1. The molecule has 0 aliphatic carbocycles. The van der Waals surface area contributed by atoms with Crippen LogP contribution in [0.2, 0.25) is 0 Å². The largest absolute Gasteiger partial charge is 0.485 e. The van der Waals surface area contributed by atoms with Gasteiger partial charge in [0.25, 0.3) is 0 Å². The molecule has 4 aromatic rings. The van der Waals surface area contributed by atoms with Crippen molar-refractivity contribution in [2.75, 3.05) is 13.2 Å². The number of nitrogens with one attached hydrogen (secondary N) is 1. The summed E-state index contributed by atoms with van der Waals surface area (Å²) in [7, 11) is 0. The zero-order chi connectivity index (χ0) is 24.7. The van der Waals surface area contributed by atoms with Crippen molar-refractivity contribution in [3.63, 3.8) is 0 Å². The maximum Gasteiger partial charge on any atom is 0.214 e. The molecule has 1 atom stereocenters. The Morgan fingerprint density at radius 3 is 2.35 bits per heavy atom. The zero-order valence-corrected chi connectivity index (χ0v) is 20.1. The van der Waals surface area contributed by atoms with Crippen LogP contribution >= 0.6 is 0 Å². The number of nitrogens with zero attached hydrogens (tertiary/aromatic N) is 1. The van der Waals surface area contributed by atoms with Crippen molar-refractivity contribution in [2.45, 2.75) is 39.2 Å². The van der Waals surface area contributed by atoms with E-state index >= 15 is 0 Å². The van der Waals surface area contributed by atoms with Crippen molar-refractivity contribution < 1.29 is 14.8 Å². The van der Waals surface area contributed by atoms with Gasteiger partial charge in [0.05, 0.1) is 18.2 Å². The molecule has 1 aromatic heterocycles. The number of benzene rings is 3. The molecule has 3 aromatic carbocycles. The molecule has 6 heteroatoms. The van der Waals surface area contributed by atoms with E-state index in [0.717, 1.165) is 33.3 Å². The van der Waals surface area contributed by atoms with E-state index in [4.69, 9.17) is 4.74 Å². The van der Waals surface area contributed by atoms with Crippen LogP contribution in [-0.4, -0.2) is 33.8 Å². The molecule has 0 aliphatic rings. The van der Waals surface area contributed by atoms with Gasteiger partial charge in [-0.05, 0) is 48.7 Å². The molecule has 0 spiro atoms. The van der Waals surface area contributed by atoms with Crippen LogP contribution in [0.1, 0.15) is 44.7 Å². The normalized spacial score (nSPS) is 12.0. The van der Waals surface area contributed by atoms with Gasteiger partial charge in [0.2, 0.25) is 6.54 Å². The van der Waals surface area contributed by atoms with Crippen molar-refractivity contribution in [3.8, 4) is 17.0 Å². The molecule has 0 aliphatic heterocycles. The first-order valence-corrected chi connectivity index (χ1v) is 11.6. The Kier molecular flexibility index (Phi) is 8.08. The van der Waals surface area contributed by atoms with Crippen molar-refractivity contribution >= 4 is 10.9 Å². The average Bonchev–Trinajstić information content (AvgIpc) is 3.23. The van der Waals surface area contributed by atoms with Crippen LogP contribution in [0.3, 0.4) is 0 Å². The summed E-state index contributed by atoms with van der Waals surface area (Å²) in [6.45, 7) is 7.19. The molecular weight excluding hydrogens is 428 g/mol. The maximum absolute atomic E-state index is 11.8. The topological polar surface area (TPSA) is 88.4 Å². The van der Waals surface area contributed by atoms with E-state index < -0.39 is 11.5 Å². The summed E-state index contributed by atoms with van der Waals surface area (Å²) in [5, 5.41) is 22.3. The number of fused-ring (bicyclic) bond motifs is 1. The molecule has 0 saturated heterocycles. The van der Waals surface area contributed by atoms with E-state index in [1.54, 1.807) is 19.9 Å². The van der Waals surface area contributed by atoms with Gasteiger partial charge in [-0.2, -0.15) is 0 Å². The molecule has 0 radical (unpaired) electrons. The van der Waals surface area contributed by atoms with Crippen molar-refractivity contribution in [1.82, 2.24) is 4.98 Å². The summed E-state index contributed by atoms with van der Waals surface area (Å²) in [5.74, 6) is 0.0770. The highest BCUT2D eigenvalue weighted by Gasteiger charge is 2.28. The van der Waals surface area contributed by atoms with Crippen molar-refractivity contribution in [2.24, 2.45) is 0 Å². The SMILES string of the molecule is CC.CC(C)(CO)Oc1cccc(C(C[N+](=O)[O-])c2c(-c3ccccc3)[nH]c3ccccc23)c1. The average molecular weight is 461 g/mol. The fourth-order valence-corrected chi connectivity index (χ4v) is 4.02. The third kappa shape index (κ3) is 5.64. The van der Waals surface area contributed by atoms with Gasteiger partial charge < -0.3 is 14.8 Å². The summed E-state index contributed by atoms with van der Waals surface area (Å²) < 4.78 is 5.94. The molecule has 1 heterocycles. The van der Waals surface area contributed by atoms with E-state index in [1.165, 1.54) is 0 Å². The number of nitro groups is 1. The van der Waals surface area contributed by atoms with E-state index in [9.17, 15) is 15.2 Å². The van der Waals surface area contributed by atoms with Crippen LogP contribution in [0.25, 0.3) is 22.2 Å². The van der Waals surface area contributed by atoms with Gasteiger partial charge in [-0.1, -0.05) is 74.5 Å². The molecular formula is C28H32N2O4. The first-order valence-electron chi connectivity index (χ1n) is 11.6. The molecule has 6 nitrogen and oxygen atoms in total. The van der Waals surface area contributed by atoms with Gasteiger partial charge in [0.1, 0.15) is 11.4 Å². The van der Waals surface area contributed by atoms with Crippen LogP contribution in [0.15, 0.2) is 78.9 Å². The summed E-state index contributed by atoms with van der Waals surface area (Å²) >= 11 is 0. The smallest absolute Gasteiger partial charge is 0.214 e. The lowest BCUT2D eigenvalue weighted by molar-refractivity contribution is -0.481. The number of aromatic amines is 1. The number of hydrogen-bond acceptors (Lipinski definition) is 4. The first-order chi connectivity index (χ1) is 16.4. The first kappa shape index (κ1) is 25.0. The van der Waals surface area contributed by atoms with Crippen molar-refractivity contribution in [1.29, 1.82) is 0 Å². The van der Waals surface area contributed by atoms with Crippen molar-refractivity contribution in [3.05, 3.63) is 100 Å². The van der Waals surface area contributed by atoms with Gasteiger partial charge in [0.15, 0.2) is 0 Å². The molecule has 1 unspecified atom stereocenters. The lowest BCUT2D eigenvalue weighted by Gasteiger charge is -2.25. The Morgan fingerprint density at radius 2 is 1.68 bits per heavy atom. The fourth-order valence-electron chi connectivity index (χ4n) is 4.02. The van der Waals surface area contributed by atoms with Crippen LogP contribution in [0.5, 0.6) is 5.75 Å². The Hall–Kier alpha value is -3.64. The number of rotatable bonds is 8. The lowest BCUT2D eigenvalue weighted by atomic mass is 9.87. The van der Waals surface area contributed by atoms with Crippen LogP contribution in [0, 0.1) is 10.1 Å². The summed E-state index contributed by atoms with van der Waals surface area (Å²) in [5.41, 5.74) is 3.70. The number of ether oxygens (including phenoxy) is 1. The summed E-state index contributed by atoms with van der Waals surface area (Å²) in [6, 6.07) is 25.1. The molecule has 0 fully saturated rings. The van der Waals surface area contributed by atoms with E-state index in [1.807, 2.05) is 86.6 Å². The maximum atomic E-state index is 11.8. The van der Waals surface area contributed by atoms with Crippen LogP contribution in [-0.2, 0) is 0 Å². The third-order valence-electron chi connectivity index (χ3n) is 5.52. The highest BCUT2D eigenvalue weighted by Crippen LogP contribution is 2.39. The number of aliphatic hydroxyl groups is 1. The minimum atomic E-state index is -0.757. The molecule has 4 rings (SSSR count). The molecule has 178 valence electrons. The van der Waals surface area contributed by atoms with Gasteiger partial charge in [-0.25, -0.2) is 0 Å². The van der Waals surface area contributed by atoms with Crippen LogP contribution in [0.4, 0.5) is 0 Å². The second-order valence-electron chi connectivity index (χ2n) is 8.49. The van der Waals surface area contributed by atoms with Gasteiger partial charge in [0, 0.05) is 15.8 Å². The third-order valence-corrected chi connectivity index (χ3v) is 5.52. The van der Waals surface area contributed by atoms with Gasteiger partial charge >= 0.3 is 0 Å². The second kappa shape index (κ2) is 11.0. The lowest BCUT2D eigenvalue weighted by Crippen LogP contribution is -2.32. The molecule has 34 heavy (non-hydrogen) atoms. The number of H-pyrrole nitrogens is 1. The van der Waals surface area contributed by atoms with E-state index in [0.29, 0.717) is 5.75 Å². The number of aromatic nitrogens is 1. The quantitative estimate of drug-likeness (QED) is 0.235. The number of para-hydroxylation sites is 1. The minimum absolute atomic E-state index is 0.143. The molecule has 0 amide bonds. The Bertz CT molecular complexity index is 1230. The summed E-state index contributed by atoms with van der Waals surface area (Å²) in [4.78, 5) is 15.0. The summed E-state index contributed by atoms with van der Waals surface area (Å²) in [6.07, 6.45) is 0. The highest BCUT2D eigenvalue weighted by molar-refractivity contribution is 5.92. The number of hydrogen-bond donors (Lipinski definition) is 2. The monoisotopic (exact) mass is 460 g/mol. The molecule has 0 bridgehead atoms. The van der Waals surface area contributed by atoms with Gasteiger partial charge in [-0.15, -0.1) is 0 Å². The standard InChI is InChI=1S/C26H26N2O4.C2H6/c1-26(2,17-29)32-20-12-8-11-19(15-20)22(16-28(30)31)24-21-13-6-7-14-23(21)27-25(24)18-9-4-3-5-10-18;1-2/h3-15,22,27,29H,16-17H2,1-2H3;1-2H3. The zero-order valence-electron chi connectivity index (χ0n) is 20.1. The van der Waals surface area contributed by atoms with E-state index in [2.05, 4.69) is 4.98 Å². The van der Waals surface area contributed by atoms with Gasteiger partial charge in [-0.3, -0.25) is 10.1 Å². The second-order valence-corrected chi connectivity index (χ2v) is 8.49. The Morgan fingerprint density at radius 1 is 1.00 bits per heavy atom. The Balaban J connectivity index is 0.00000158. The fraction of sp³-hybridized carbons (Fsp3) is 0.286.